The minimum absolute atomic E-state index is 0.0214. The Bertz CT molecular complexity index is 730. The number of rotatable bonds is 4. The van der Waals surface area contributed by atoms with Crippen LogP contribution < -0.4 is 5.32 Å². The van der Waals surface area contributed by atoms with Gasteiger partial charge in [0.25, 0.3) is 5.91 Å². The van der Waals surface area contributed by atoms with E-state index in [2.05, 4.69) is 5.32 Å². The van der Waals surface area contributed by atoms with Crippen LogP contribution in [0, 0.1) is 0 Å². The van der Waals surface area contributed by atoms with Crippen molar-refractivity contribution in [2.45, 2.75) is 50.7 Å². The quantitative estimate of drug-likeness (QED) is 0.858. The lowest BCUT2D eigenvalue weighted by atomic mass is 9.95. The summed E-state index contributed by atoms with van der Waals surface area (Å²) in [5.41, 5.74) is 1.58. The molecule has 0 bridgehead atoms. The summed E-state index contributed by atoms with van der Waals surface area (Å²) in [7, 11) is 0. The molecule has 2 heterocycles. The van der Waals surface area contributed by atoms with Crippen molar-refractivity contribution < 1.29 is 14.4 Å². The third-order valence-electron chi connectivity index (χ3n) is 5.66. The predicted octanol–water partition coefficient (Wildman–Crippen LogP) is 1.99. The van der Waals surface area contributed by atoms with E-state index in [-0.39, 0.29) is 36.3 Å². The number of piperazine rings is 1. The van der Waals surface area contributed by atoms with Crippen molar-refractivity contribution in [3.63, 3.8) is 0 Å². The van der Waals surface area contributed by atoms with Crippen LogP contribution in [0.2, 0.25) is 0 Å². The smallest absolute Gasteiger partial charge is 0.251 e. The molecule has 144 valence electrons. The molecular weight excluding hydrogens is 362 g/mol. The summed E-state index contributed by atoms with van der Waals surface area (Å²) in [6, 6.07) is 7.35. The molecule has 0 aromatic heterocycles. The molecule has 0 radical (unpaired) electrons. The highest BCUT2D eigenvalue weighted by Crippen LogP contribution is 2.26. The molecule has 1 unspecified atom stereocenters. The minimum atomic E-state index is -0.309. The van der Waals surface area contributed by atoms with Crippen molar-refractivity contribution in [2.75, 3.05) is 18.2 Å². The van der Waals surface area contributed by atoms with Gasteiger partial charge in [-0.15, -0.1) is 11.8 Å². The van der Waals surface area contributed by atoms with E-state index in [1.54, 1.807) is 21.6 Å². The Kier molecular flexibility index (Phi) is 5.38. The van der Waals surface area contributed by atoms with Gasteiger partial charge in [0.05, 0.1) is 5.88 Å². The maximum Gasteiger partial charge on any atom is 0.251 e. The first kappa shape index (κ1) is 18.3. The fourth-order valence-corrected chi connectivity index (χ4v) is 5.24. The molecule has 1 aliphatic carbocycles. The van der Waals surface area contributed by atoms with Crippen LogP contribution in [0.5, 0.6) is 0 Å². The van der Waals surface area contributed by atoms with Crippen LogP contribution in [0.25, 0.3) is 0 Å². The molecule has 3 fully saturated rings. The first-order valence-corrected chi connectivity index (χ1v) is 10.8. The number of hydrogen-bond donors (Lipinski definition) is 1. The largest absolute Gasteiger partial charge is 0.349 e. The lowest BCUT2D eigenvalue weighted by molar-refractivity contribution is -0.153. The van der Waals surface area contributed by atoms with Gasteiger partial charge in [-0.25, -0.2) is 0 Å². The summed E-state index contributed by atoms with van der Waals surface area (Å²) in [6.45, 7) is 0.546. The summed E-state index contributed by atoms with van der Waals surface area (Å²) < 4.78 is 0. The fraction of sp³-hybridized carbons (Fsp3) is 0.550. The highest BCUT2D eigenvalue weighted by molar-refractivity contribution is 7.99. The average molecular weight is 388 g/mol. The Balaban J connectivity index is 1.37. The highest BCUT2D eigenvalue weighted by Gasteiger charge is 2.42. The van der Waals surface area contributed by atoms with E-state index in [1.165, 1.54) is 19.3 Å². The van der Waals surface area contributed by atoms with Crippen molar-refractivity contribution >= 4 is 29.5 Å². The van der Waals surface area contributed by atoms with Gasteiger partial charge in [0.2, 0.25) is 11.8 Å². The zero-order valence-electron chi connectivity index (χ0n) is 15.4. The molecule has 3 amide bonds. The van der Waals surface area contributed by atoms with Gasteiger partial charge >= 0.3 is 0 Å². The van der Waals surface area contributed by atoms with Crippen LogP contribution in [0.1, 0.15) is 48.0 Å². The number of nitrogens with one attached hydrogen (secondary N) is 1. The molecule has 3 aliphatic rings. The minimum Gasteiger partial charge on any atom is -0.349 e. The van der Waals surface area contributed by atoms with E-state index < -0.39 is 0 Å². The summed E-state index contributed by atoms with van der Waals surface area (Å²) in [6.07, 6.45) is 5.75. The lowest BCUT2D eigenvalue weighted by Gasteiger charge is -2.35. The van der Waals surface area contributed by atoms with Crippen LogP contribution in [0.4, 0.5) is 0 Å². The van der Waals surface area contributed by atoms with Crippen LogP contribution in [0.15, 0.2) is 24.3 Å². The average Bonchev–Trinajstić information content (AvgIpc) is 3.18. The van der Waals surface area contributed by atoms with E-state index in [1.807, 2.05) is 24.3 Å². The van der Waals surface area contributed by atoms with Crippen molar-refractivity contribution in [1.82, 2.24) is 15.1 Å². The molecule has 1 saturated carbocycles. The molecule has 1 aromatic carbocycles. The molecule has 1 N–H and O–H groups in total. The van der Waals surface area contributed by atoms with E-state index in [0.717, 1.165) is 18.4 Å². The SMILES string of the molecule is O=C(NC1CCCCC1)c1ccc(CN2CC(=O)N3CSCC3C2=O)cc1. The number of benzene rings is 1. The topological polar surface area (TPSA) is 69.7 Å². The number of carbonyl (C=O) groups excluding carboxylic acids is 3. The van der Waals surface area contributed by atoms with Crippen LogP contribution in [0.3, 0.4) is 0 Å². The summed E-state index contributed by atoms with van der Waals surface area (Å²) in [5, 5.41) is 3.12. The third kappa shape index (κ3) is 3.98. The van der Waals surface area contributed by atoms with Crippen molar-refractivity contribution in [1.29, 1.82) is 0 Å². The molecule has 0 spiro atoms. The monoisotopic (exact) mass is 387 g/mol. The van der Waals surface area contributed by atoms with E-state index in [9.17, 15) is 14.4 Å². The standard InChI is InChI=1S/C20H25N3O3S/c24-18-11-22(20(26)17-12-27-13-23(17)18)10-14-6-8-15(9-7-14)19(25)21-16-4-2-1-3-5-16/h6-9,16-17H,1-5,10-13H2,(H,21,25). The van der Waals surface area contributed by atoms with Crippen molar-refractivity contribution in [2.24, 2.45) is 0 Å². The van der Waals surface area contributed by atoms with E-state index in [4.69, 9.17) is 0 Å². The maximum absolute atomic E-state index is 12.6. The van der Waals surface area contributed by atoms with Crippen molar-refractivity contribution in [3.05, 3.63) is 35.4 Å². The fourth-order valence-electron chi connectivity index (χ4n) is 4.07. The lowest BCUT2D eigenvalue weighted by Crippen LogP contribution is -2.57. The van der Waals surface area contributed by atoms with Crippen LogP contribution >= 0.6 is 11.8 Å². The van der Waals surface area contributed by atoms with E-state index in [0.29, 0.717) is 23.7 Å². The predicted molar refractivity (Wildman–Crippen MR) is 104 cm³/mol. The Hall–Kier alpha value is -2.02. The van der Waals surface area contributed by atoms with Gasteiger partial charge in [-0.05, 0) is 30.5 Å². The zero-order chi connectivity index (χ0) is 18.8. The van der Waals surface area contributed by atoms with Gasteiger partial charge in [0.15, 0.2) is 0 Å². The van der Waals surface area contributed by atoms with E-state index >= 15 is 0 Å². The Morgan fingerprint density at radius 1 is 1.11 bits per heavy atom. The number of nitrogens with zero attached hydrogens (tertiary/aromatic N) is 2. The normalized spacial score (nSPS) is 23.5. The van der Waals surface area contributed by atoms with Crippen LogP contribution in [-0.4, -0.2) is 57.8 Å². The summed E-state index contributed by atoms with van der Waals surface area (Å²) in [4.78, 5) is 40.5. The molecule has 7 heteroatoms. The molecule has 2 aliphatic heterocycles. The molecular formula is C20H25N3O3S. The molecule has 1 atom stereocenters. The molecule has 2 saturated heterocycles. The second-order valence-electron chi connectivity index (χ2n) is 7.58. The zero-order valence-corrected chi connectivity index (χ0v) is 16.2. The number of amides is 3. The molecule has 27 heavy (non-hydrogen) atoms. The summed E-state index contributed by atoms with van der Waals surface area (Å²) in [5.74, 6) is 1.32. The number of carbonyl (C=O) groups is 3. The Morgan fingerprint density at radius 2 is 1.85 bits per heavy atom. The van der Waals surface area contributed by atoms with Crippen molar-refractivity contribution in [3.8, 4) is 0 Å². The first-order chi connectivity index (χ1) is 13.1. The van der Waals surface area contributed by atoms with Gasteiger partial charge in [0, 0.05) is 23.9 Å². The Labute approximate surface area is 163 Å². The van der Waals surface area contributed by atoms with Gasteiger partial charge in [0.1, 0.15) is 12.6 Å². The highest BCUT2D eigenvalue weighted by atomic mass is 32.2. The summed E-state index contributed by atoms with van der Waals surface area (Å²) >= 11 is 1.63. The number of hydrogen-bond acceptors (Lipinski definition) is 4. The van der Waals surface area contributed by atoms with Gasteiger partial charge in [-0.3, -0.25) is 14.4 Å². The number of fused-ring (bicyclic) bond motifs is 1. The molecule has 4 rings (SSSR count). The maximum atomic E-state index is 12.6. The Morgan fingerprint density at radius 3 is 2.59 bits per heavy atom. The van der Waals surface area contributed by atoms with Gasteiger partial charge in [-0.1, -0.05) is 31.4 Å². The second-order valence-corrected chi connectivity index (χ2v) is 8.58. The first-order valence-electron chi connectivity index (χ1n) is 9.67. The van der Waals surface area contributed by atoms with Gasteiger partial charge < -0.3 is 15.1 Å². The second kappa shape index (κ2) is 7.92. The number of thioether (sulfide) groups is 1. The van der Waals surface area contributed by atoms with Crippen LogP contribution in [-0.2, 0) is 16.1 Å². The molecule has 1 aromatic rings. The molecule has 6 nitrogen and oxygen atoms in total. The van der Waals surface area contributed by atoms with Gasteiger partial charge in [-0.2, -0.15) is 0 Å². The third-order valence-corrected chi connectivity index (χ3v) is 6.67.